The van der Waals surface area contributed by atoms with E-state index in [4.69, 9.17) is 37.7 Å². The molecule has 0 spiro atoms. The Labute approximate surface area is 601 Å². The van der Waals surface area contributed by atoms with Crippen molar-refractivity contribution in [2.75, 3.05) is 13.2 Å². The summed E-state index contributed by atoms with van der Waals surface area (Å²) in [5.41, 5.74) is 1.88. The number of hydrogen-bond acceptors (Lipinski definition) is 14. The number of amides is 1. The van der Waals surface area contributed by atoms with E-state index >= 15 is 18.1 Å². The molecule has 1 fully saturated rings. The van der Waals surface area contributed by atoms with Crippen LogP contribution in [0.2, 0.25) is 0 Å². The molecule has 5 aromatic carbocycles. The molecule has 6 rings (SSSR count). The Morgan fingerprint density at radius 2 is 0.931 bits per heavy atom. The molecule has 0 unspecified atom stereocenters. The van der Waals surface area contributed by atoms with Crippen molar-refractivity contribution in [2.45, 2.75) is 294 Å². The Balaban J connectivity index is 1.38. The minimum atomic E-state index is -4.46. The zero-order valence-electron chi connectivity index (χ0n) is 60.6. The summed E-state index contributed by atoms with van der Waals surface area (Å²) in [5.74, 6) is -8.24. The highest BCUT2D eigenvalue weighted by atomic mass is 31.2. The number of ether oxygens (including phenoxy) is 7. The molecule has 0 saturated carbocycles. The number of alkyl halides is 2. The van der Waals surface area contributed by atoms with Crippen LogP contribution in [0.25, 0.3) is 0 Å². The van der Waals surface area contributed by atoms with Crippen LogP contribution >= 0.6 is 7.37 Å². The number of esters is 3. The minimum absolute atomic E-state index is 0.00672. The van der Waals surface area contributed by atoms with E-state index in [0.29, 0.717) is 42.4 Å². The third kappa shape index (κ3) is 31.8. The number of benzene rings is 5. The van der Waals surface area contributed by atoms with Gasteiger partial charge in [0.2, 0.25) is 0 Å². The third-order valence-electron chi connectivity index (χ3n) is 18.5. The molecule has 1 aliphatic heterocycles. The SMILES string of the molecule is CCCCCCCCCCCCCC(=O)O[C@H](CCCCCCCCCCC)CC(=O)O[C@@H]1[C@@H](NC(=O)C(F)(F)CCCCCCCCCCCC)[C@H](OCC(=O)OC(c2ccccc2)c2ccccc2)O[C@H](COC(=O)OCc2ccccc2)[C@H]1OP(=O)(c1ccccc1)c1ccccc1. The van der Waals surface area contributed by atoms with Crippen molar-refractivity contribution < 1.29 is 75.0 Å². The monoisotopic (exact) mass is 1420 g/mol. The molecule has 556 valence electrons. The average Bonchev–Trinajstić information content (AvgIpc) is 0.759. The molecule has 1 N–H and O–H groups in total. The molecule has 1 aliphatic rings. The van der Waals surface area contributed by atoms with Crippen molar-refractivity contribution in [3.8, 4) is 0 Å². The zero-order chi connectivity index (χ0) is 72.0. The van der Waals surface area contributed by atoms with Gasteiger partial charge in [-0.2, -0.15) is 8.78 Å². The molecule has 0 bridgehead atoms. The molecule has 0 radical (unpaired) electrons. The number of nitrogens with one attached hydrogen (secondary N) is 1. The van der Waals surface area contributed by atoms with Crippen molar-refractivity contribution in [2.24, 2.45) is 0 Å². The van der Waals surface area contributed by atoms with Gasteiger partial charge >= 0.3 is 30.0 Å². The van der Waals surface area contributed by atoms with Crippen LogP contribution in [0.3, 0.4) is 0 Å². The van der Waals surface area contributed by atoms with E-state index in [9.17, 15) is 19.2 Å². The summed E-state index contributed by atoms with van der Waals surface area (Å²) in [4.78, 5) is 72.0. The normalized spacial score (nSPS) is 16.5. The van der Waals surface area contributed by atoms with Crippen LogP contribution in [0.15, 0.2) is 152 Å². The molecule has 18 heteroatoms. The second-order valence-corrected chi connectivity index (χ2v) is 29.3. The first-order chi connectivity index (χ1) is 49.2. The van der Waals surface area contributed by atoms with E-state index in [1.165, 1.54) is 57.8 Å². The minimum Gasteiger partial charge on any atom is -0.462 e. The Morgan fingerprint density at radius 1 is 0.495 bits per heavy atom. The fraction of sp³-hybridized carbons (Fsp3) is 0.578. The quantitative estimate of drug-likeness (QED) is 0.0168. The second-order valence-electron chi connectivity index (χ2n) is 27.0. The molecule has 1 amide bonds. The Hall–Kier alpha value is -6.78. The predicted octanol–water partition coefficient (Wildman–Crippen LogP) is 20.0. The van der Waals surface area contributed by atoms with Gasteiger partial charge in [-0.15, -0.1) is 0 Å². The summed E-state index contributed by atoms with van der Waals surface area (Å²) in [7, 11) is -4.46. The number of unbranched alkanes of at least 4 members (excludes halogenated alkanes) is 27. The number of rotatable bonds is 53. The Morgan fingerprint density at radius 3 is 1.42 bits per heavy atom. The smallest absolute Gasteiger partial charge is 0.462 e. The highest BCUT2D eigenvalue weighted by Gasteiger charge is 2.55. The molecule has 0 aliphatic carbocycles. The lowest BCUT2D eigenvalue weighted by atomic mass is 9.95. The molecular weight excluding hydrogens is 1300 g/mol. The average molecular weight is 1420 g/mol. The fourth-order valence-corrected chi connectivity index (χ4v) is 15.0. The van der Waals surface area contributed by atoms with Crippen LogP contribution in [0, 0.1) is 0 Å². The molecule has 1 saturated heterocycles. The highest BCUT2D eigenvalue weighted by Crippen LogP contribution is 2.49. The molecule has 15 nitrogen and oxygen atoms in total. The van der Waals surface area contributed by atoms with Gasteiger partial charge < -0.3 is 43.0 Å². The lowest BCUT2D eigenvalue weighted by Gasteiger charge is -2.46. The zero-order valence-corrected chi connectivity index (χ0v) is 61.5. The molecule has 1 heterocycles. The maximum absolute atomic E-state index is 16.8. The lowest BCUT2D eigenvalue weighted by Crippen LogP contribution is -2.68. The molecule has 101 heavy (non-hydrogen) atoms. The van der Waals surface area contributed by atoms with E-state index in [1.807, 2.05) is 12.1 Å². The summed E-state index contributed by atoms with van der Waals surface area (Å²) in [6.07, 6.45) is 18.1. The van der Waals surface area contributed by atoms with Crippen LogP contribution < -0.4 is 15.9 Å². The molecule has 0 aromatic heterocycles. The first-order valence-corrected chi connectivity index (χ1v) is 39.7. The Bertz CT molecular complexity index is 3010. The summed E-state index contributed by atoms with van der Waals surface area (Å²) in [5, 5.41) is 2.77. The van der Waals surface area contributed by atoms with Gasteiger partial charge in [-0.3, -0.25) is 18.9 Å². The number of halogens is 2. The van der Waals surface area contributed by atoms with E-state index in [2.05, 4.69) is 26.1 Å². The maximum Gasteiger partial charge on any atom is 0.508 e. The van der Waals surface area contributed by atoms with Crippen molar-refractivity contribution in [3.05, 3.63) is 168 Å². The standard InChI is InChI=1S/C83H116F2NO14P/c1-4-7-10-13-16-19-21-23-26-29-47-60-73(87)96-69(55-42-28-25-22-18-15-12-9-6-3)62-74(88)98-79-76(86-81(90)83(84,85)61-48-30-27-24-20-17-14-11-8-5-2)80(93-65-75(89)99-77(67-51-38-32-39-52-67)68-53-40-33-41-54-68)97-72(64-95-82(91)94-63-66-49-36-31-37-50-66)78(79)100-101(92,70-56-43-34-44-57-70)71-58-45-35-46-59-71/h31-41,43-46,49-54,56-59,69,72,76-80H,4-30,42,47-48,55,60-65H2,1-3H3,(H,86,90)/t69-,72-,76-,78-,79-,80-/m1/s1. The first-order valence-electron chi connectivity index (χ1n) is 38.1. The van der Waals surface area contributed by atoms with E-state index in [0.717, 1.165) is 103 Å². The summed E-state index contributed by atoms with van der Waals surface area (Å²) < 4.78 is 100. The fourth-order valence-electron chi connectivity index (χ4n) is 12.8. The maximum atomic E-state index is 16.8. The third-order valence-corrected chi connectivity index (χ3v) is 21.0. The molecular formula is C83H116F2NO14P. The topological polar surface area (TPSA) is 188 Å². The van der Waals surface area contributed by atoms with Crippen molar-refractivity contribution in [1.82, 2.24) is 5.32 Å². The van der Waals surface area contributed by atoms with Crippen LogP contribution in [-0.2, 0) is 68.0 Å². The second kappa shape index (κ2) is 49.0. The van der Waals surface area contributed by atoms with Gasteiger partial charge in [-0.05, 0) is 66.6 Å². The number of carbonyl (C=O) groups excluding carboxylic acids is 5. The van der Waals surface area contributed by atoms with Crippen molar-refractivity contribution in [1.29, 1.82) is 0 Å². The van der Waals surface area contributed by atoms with Crippen LogP contribution in [0.1, 0.15) is 262 Å². The Kier molecular flexibility index (Phi) is 40.3. The predicted molar refractivity (Wildman–Crippen MR) is 393 cm³/mol. The van der Waals surface area contributed by atoms with E-state index < -0.39 is 112 Å². The van der Waals surface area contributed by atoms with Gasteiger partial charge in [0.25, 0.3) is 13.3 Å². The van der Waals surface area contributed by atoms with Crippen LogP contribution in [-0.4, -0.2) is 85.9 Å². The van der Waals surface area contributed by atoms with Gasteiger partial charge in [0.15, 0.2) is 18.5 Å². The van der Waals surface area contributed by atoms with Gasteiger partial charge in [0.1, 0.15) is 44.2 Å². The highest BCUT2D eigenvalue weighted by molar-refractivity contribution is 7.74. The first kappa shape index (κ1) is 83.2. The number of hydrogen-bond donors (Lipinski definition) is 1. The summed E-state index contributed by atoms with van der Waals surface area (Å²) in [6.45, 7) is 4.64. The van der Waals surface area contributed by atoms with Gasteiger partial charge in [-0.1, -0.05) is 322 Å². The van der Waals surface area contributed by atoms with Crippen LogP contribution in [0.5, 0.6) is 0 Å². The van der Waals surface area contributed by atoms with Gasteiger partial charge in [-0.25, -0.2) is 9.59 Å². The summed E-state index contributed by atoms with van der Waals surface area (Å²) >= 11 is 0. The lowest BCUT2D eigenvalue weighted by molar-refractivity contribution is -0.270. The van der Waals surface area contributed by atoms with E-state index in [1.54, 1.807) is 140 Å². The van der Waals surface area contributed by atoms with Gasteiger partial charge in [0.05, 0.1) is 6.42 Å². The largest absolute Gasteiger partial charge is 0.508 e. The summed E-state index contributed by atoms with van der Waals surface area (Å²) in [6, 6.07) is 41.2. The van der Waals surface area contributed by atoms with E-state index in [-0.39, 0.29) is 36.5 Å². The van der Waals surface area contributed by atoms with Crippen LogP contribution in [0.4, 0.5) is 13.6 Å². The molecule has 6 atom stereocenters. The number of carbonyl (C=O) groups is 5. The molecule has 5 aromatic rings. The van der Waals surface area contributed by atoms with Crippen molar-refractivity contribution in [3.63, 3.8) is 0 Å². The van der Waals surface area contributed by atoms with Gasteiger partial charge in [0, 0.05) is 23.5 Å². The van der Waals surface area contributed by atoms with Crippen molar-refractivity contribution >= 4 is 47.9 Å².